The van der Waals surface area contributed by atoms with Crippen LogP contribution in [0.1, 0.15) is 48.1 Å². The van der Waals surface area contributed by atoms with Gasteiger partial charge >= 0.3 is 0 Å². The number of primary amides is 1. The molecule has 8 nitrogen and oxygen atoms in total. The van der Waals surface area contributed by atoms with Crippen LogP contribution < -0.4 is 21.3 Å². The highest BCUT2D eigenvalue weighted by Crippen LogP contribution is 2.43. The van der Waals surface area contributed by atoms with Crippen molar-refractivity contribution in [3.63, 3.8) is 0 Å². The molecule has 9 heteroatoms. The molecule has 2 heterocycles. The van der Waals surface area contributed by atoms with Gasteiger partial charge in [0.1, 0.15) is 17.9 Å². The Bertz CT molecular complexity index is 1440. The molecule has 4 atom stereocenters. The molecule has 3 aromatic rings. The zero-order valence-corrected chi connectivity index (χ0v) is 22.0. The Hall–Kier alpha value is -3.62. The molecule has 2 aliphatic rings. The summed E-state index contributed by atoms with van der Waals surface area (Å²) in [4.78, 5) is 38.4. The minimum atomic E-state index is -0.872. The summed E-state index contributed by atoms with van der Waals surface area (Å²) in [6.07, 6.45) is 4.54. The summed E-state index contributed by atoms with van der Waals surface area (Å²) in [5, 5.41) is 3.43. The van der Waals surface area contributed by atoms with Crippen molar-refractivity contribution in [1.82, 2.24) is 4.57 Å². The number of fused-ring (bicyclic) bond motifs is 4. The van der Waals surface area contributed by atoms with Gasteiger partial charge in [-0.15, -0.1) is 0 Å². The van der Waals surface area contributed by atoms with E-state index in [-0.39, 0.29) is 24.2 Å². The third-order valence-electron chi connectivity index (χ3n) is 7.55. The van der Waals surface area contributed by atoms with Crippen LogP contribution in [0.4, 0.5) is 5.69 Å². The molecule has 2 amide bonds. The minimum Gasteiger partial charge on any atom is -0.488 e. The molecule has 1 aliphatic carbocycles. The largest absolute Gasteiger partial charge is 0.488 e. The van der Waals surface area contributed by atoms with Crippen molar-refractivity contribution in [1.29, 1.82) is 0 Å². The lowest BCUT2D eigenvalue weighted by Gasteiger charge is -2.39. The second kappa shape index (κ2) is 10.6. The number of hydrogen-bond acceptors (Lipinski definition) is 5. The second-order valence-corrected chi connectivity index (χ2v) is 10.5. The first kappa shape index (κ1) is 26.0. The van der Waals surface area contributed by atoms with Gasteiger partial charge in [-0.25, -0.2) is 0 Å². The molecule has 1 aliphatic heterocycles. The number of nitrogens with two attached hydrogens (primary N) is 1. The highest BCUT2D eigenvalue weighted by atomic mass is 35.5. The predicted molar refractivity (Wildman–Crippen MR) is 146 cm³/mol. The first-order chi connectivity index (χ1) is 18.2. The molecule has 1 saturated carbocycles. The topological polar surface area (TPSA) is 113 Å². The summed E-state index contributed by atoms with van der Waals surface area (Å²) < 4.78 is 13.3. The number of ether oxygens (including phenoxy) is 2. The number of amides is 2. The van der Waals surface area contributed by atoms with E-state index in [0.29, 0.717) is 33.5 Å². The number of methoxy groups -OCH3 is 1. The first-order valence-electron chi connectivity index (χ1n) is 12.7. The molecule has 38 heavy (non-hydrogen) atoms. The van der Waals surface area contributed by atoms with Gasteiger partial charge in [0, 0.05) is 47.4 Å². The second-order valence-electron chi connectivity index (χ2n) is 10.0. The van der Waals surface area contributed by atoms with Gasteiger partial charge < -0.3 is 20.5 Å². The van der Waals surface area contributed by atoms with E-state index in [2.05, 4.69) is 5.32 Å². The van der Waals surface area contributed by atoms with Crippen LogP contribution in [-0.2, 0) is 16.0 Å². The SMILES string of the molecule is CO[C@@H](C)C[C@@H](C(=O)Nc1ccc(C(N)=O)cc1)n1cc2c(cc1=O)-c1cc(Cl)ccc1C[C@H]1CC[C@H]1O2. The van der Waals surface area contributed by atoms with E-state index in [0.717, 1.165) is 30.4 Å². The summed E-state index contributed by atoms with van der Waals surface area (Å²) in [6.45, 7) is 1.84. The number of nitrogens with one attached hydrogen (secondary N) is 1. The Morgan fingerprint density at radius 2 is 1.92 bits per heavy atom. The maximum absolute atomic E-state index is 13.5. The van der Waals surface area contributed by atoms with Crippen LogP contribution in [0.3, 0.4) is 0 Å². The van der Waals surface area contributed by atoms with E-state index >= 15 is 0 Å². The van der Waals surface area contributed by atoms with Crippen LogP contribution in [0.2, 0.25) is 5.02 Å². The van der Waals surface area contributed by atoms with Gasteiger partial charge in [0.15, 0.2) is 0 Å². The fourth-order valence-electron chi connectivity index (χ4n) is 5.13. The number of benzene rings is 2. The molecular weight excluding hydrogens is 506 g/mol. The number of nitrogens with zero attached hydrogens (tertiary/aromatic N) is 1. The van der Waals surface area contributed by atoms with E-state index in [9.17, 15) is 14.4 Å². The van der Waals surface area contributed by atoms with E-state index < -0.39 is 17.9 Å². The number of hydrogen-bond donors (Lipinski definition) is 2. The summed E-state index contributed by atoms with van der Waals surface area (Å²) in [5.41, 5.74) is 8.47. The van der Waals surface area contributed by atoms with E-state index in [1.165, 1.54) is 22.8 Å². The molecule has 0 unspecified atom stereocenters. The van der Waals surface area contributed by atoms with Crippen LogP contribution in [0.25, 0.3) is 11.1 Å². The average Bonchev–Trinajstić information content (AvgIpc) is 2.89. The summed E-state index contributed by atoms with van der Waals surface area (Å²) in [6, 6.07) is 12.7. The van der Waals surface area contributed by atoms with Crippen LogP contribution in [0, 0.1) is 5.92 Å². The van der Waals surface area contributed by atoms with E-state index in [4.69, 9.17) is 26.8 Å². The Labute approximate surface area is 225 Å². The molecule has 0 saturated heterocycles. The van der Waals surface area contributed by atoms with Crippen molar-refractivity contribution < 1.29 is 19.1 Å². The first-order valence-corrected chi connectivity index (χ1v) is 13.1. The number of pyridine rings is 1. The molecule has 0 spiro atoms. The molecule has 0 bridgehead atoms. The maximum atomic E-state index is 13.5. The lowest BCUT2D eigenvalue weighted by Crippen LogP contribution is -2.40. The highest BCUT2D eigenvalue weighted by molar-refractivity contribution is 6.30. The van der Waals surface area contributed by atoms with Crippen molar-refractivity contribution in [2.24, 2.45) is 11.7 Å². The number of carbonyl (C=O) groups excluding carboxylic acids is 2. The molecular formula is C29H30ClN3O5. The van der Waals surface area contributed by atoms with Crippen LogP contribution in [0.5, 0.6) is 5.75 Å². The van der Waals surface area contributed by atoms with Gasteiger partial charge in [0.25, 0.3) is 5.56 Å². The number of anilines is 1. The molecule has 2 aromatic carbocycles. The summed E-state index contributed by atoms with van der Waals surface area (Å²) >= 11 is 6.34. The lowest BCUT2D eigenvalue weighted by atomic mass is 9.76. The van der Waals surface area contributed by atoms with Gasteiger partial charge in [0.2, 0.25) is 11.8 Å². The Morgan fingerprint density at radius 3 is 2.58 bits per heavy atom. The van der Waals surface area contributed by atoms with Crippen LogP contribution in [-0.4, -0.2) is 35.7 Å². The summed E-state index contributed by atoms with van der Waals surface area (Å²) in [5.74, 6) is -0.00668. The highest BCUT2D eigenvalue weighted by Gasteiger charge is 2.36. The molecule has 0 radical (unpaired) electrons. The molecule has 198 valence electrons. The van der Waals surface area contributed by atoms with Gasteiger partial charge in [0.05, 0.1) is 12.3 Å². The fourth-order valence-corrected chi connectivity index (χ4v) is 5.30. The fraction of sp³-hybridized carbons (Fsp3) is 0.345. The van der Waals surface area contributed by atoms with Crippen molar-refractivity contribution in [2.45, 2.75) is 50.9 Å². The zero-order chi connectivity index (χ0) is 27.0. The molecule has 3 N–H and O–H groups in total. The van der Waals surface area contributed by atoms with Crippen LogP contribution >= 0.6 is 11.6 Å². The third kappa shape index (κ3) is 5.19. The predicted octanol–water partition coefficient (Wildman–Crippen LogP) is 4.59. The summed E-state index contributed by atoms with van der Waals surface area (Å²) in [7, 11) is 1.56. The van der Waals surface area contributed by atoms with Crippen molar-refractivity contribution in [2.75, 3.05) is 12.4 Å². The lowest BCUT2D eigenvalue weighted by molar-refractivity contribution is -0.120. The normalized spacial score (nSPS) is 19.2. The Morgan fingerprint density at radius 1 is 1.16 bits per heavy atom. The number of halogens is 1. The van der Waals surface area contributed by atoms with Gasteiger partial charge in [-0.1, -0.05) is 17.7 Å². The number of carbonyl (C=O) groups is 2. The monoisotopic (exact) mass is 535 g/mol. The molecule has 1 aromatic heterocycles. The standard InChI is InChI=1S/C29H30ClN3O5/c1-16(37-2)11-24(29(36)32-21-8-4-17(5-9-21)28(31)35)33-15-26-23(14-27(33)34)22-13-20(30)7-3-18(22)12-19-6-10-25(19)38-26/h3-5,7-9,13-16,19,24-25H,6,10-12H2,1-2H3,(H2,31,35)(H,32,36)/t16-,19+,24-,25+/m0/s1. The number of rotatable bonds is 7. The van der Waals surface area contributed by atoms with Crippen molar-refractivity contribution in [3.05, 3.63) is 81.2 Å². The number of aromatic nitrogens is 1. The average molecular weight is 536 g/mol. The van der Waals surface area contributed by atoms with Crippen LogP contribution in [0.15, 0.2) is 59.5 Å². The smallest absolute Gasteiger partial charge is 0.252 e. The Balaban J connectivity index is 1.54. The quantitative estimate of drug-likeness (QED) is 0.459. The molecule has 5 rings (SSSR count). The van der Waals surface area contributed by atoms with Crippen molar-refractivity contribution >= 4 is 29.1 Å². The van der Waals surface area contributed by atoms with E-state index in [1.54, 1.807) is 25.4 Å². The van der Waals surface area contributed by atoms with Gasteiger partial charge in [-0.05, 0) is 73.7 Å². The van der Waals surface area contributed by atoms with Gasteiger partial charge in [-0.3, -0.25) is 19.0 Å². The molecule has 1 fully saturated rings. The zero-order valence-electron chi connectivity index (χ0n) is 21.3. The van der Waals surface area contributed by atoms with Gasteiger partial charge in [-0.2, -0.15) is 0 Å². The third-order valence-corrected chi connectivity index (χ3v) is 7.78. The minimum absolute atomic E-state index is 0.0532. The maximum Gasteiger partial charge on any atom is 0.252 e. The Kier molecular flexibility index (Phi) is 7.27. The van der Waals surface area contributed by atoms with E-state index in [1.807, 2.05) is 25.1 Å². The van der Waals surface area contributed by atoms with Crippen molar-refractivity contribution in [3.8, 4) is 16.9 Å².